The van der Waals surface area contributed by atoms with Crippen LogP contribution in [0.1, 0.15) is 39.5 Å². The maximum absolute atomic E-state index is 14.0. The summed E-state index contributed by atoms with van der Waals surface area (Å²) in [5.41, 5.74) is 1.95. The fourth-order valence-corrected chi connectivity index (χ4v) is 11.3. The van der Waals surface area contributed by atoms with Crippen molar-refractivity contribution in [3.05, 3.63) is 109 Å². The quantitative estimate of drug-likeness (QED) is 0.219. The lowest BCUT2D eigenvalue weighted by molar-refractivity contribution is -0.137. The van der Waals surface area contributed by atoms with Crippen LogP contribution in [-0.4, -0.2) is 22.0 Å². The molecule has 4 aromatic rings. The number of thioether (sulfide) groups is 1. The number of rotatable bonds is 5. The van der Waals surface area contributed by atoms with Crippen LogP contribution >= 0.6 is 34.7 Å². The van der Waals surface area contributed by atoms with E-state index < -0.39 is 35.4 Å². The Labute approximate surface area is 274 Å². The molecule has 2 bridgehead atoms. The number of nitrogens with one attached hydrogen (secondary N) is 1. The van der Waals surface area contributed by atoms with Gasteiger partial charge < -0.3 is 9.72 Å². The second kappa shape index (κ2) is 10.7. The summed E-state index contributed by atoms with van der Waals surface area (Å²) in [5.74, 6) is -2.47. The molecule has 12 heteroatoms. The minimum Gasteiger partial charge on any atom is -0.489 e. The van der Waals surface area contributed by atoms with Crippen molar-refractivity contribution in [1.82, 2.24) is 4.98 Å². The van der Waals surface area contributed by atoms with Gasteiger partial charge in [0.05, 0.1) is 28.1 Å². The van der Waals surface area contributed by atoms with Crippen LogP contribution in [0, 0.1) is 36.5 Å². The first-order chi connectivity index (χ1) is 22.0. The SMILES string of the molecule is Cc1ccccc1COc1ccc(Cl)cc1[C@@H]1c2sc(=O)[nH]c2S[C@@H]2[C@@H]3C[C@@H]([C@@H]4C(=O)N(c5cccc(C(F)(F)F)c5)C(=O)[C@@H]34)[C@@H]12. The number of aryl methyl sites for hydroxylation is 1. The third-order valence-electron chi connectivity index (χ3n) is 10.1. The van der Waals surface area contributed by atoms with Crippen LogP contribution in [-0.2, 0) is 22.4 Å². The average Bonchev–Trinajstić information content (AvgIpc) is 3.75. The molecule has 0 radical (unpaired) electrons. The number of hydrogen-bond acceptors (Lipinski definition) is 6. The predicted octanol–water partition coefficient (Wildman–Crippen LogP) is 7.67. The van der Waals surface area contributed by atoms with Gasteiger partial charge in [0.2, 0.25) is 11.8 Å². The number of hydrogen-bond donors (Lipinski definition) is 1. The number of benzene rings is 3. The lowest BCUT2D eigenvalue weighted by atomic mass is 9.68. The van der Waals surface area contributed by atoms with Gasteiger partial charge in [-0.3, -0.25) is 19.3 Å². The van der Waals surface area contributed by atoms with Crippen molar-refractivity contribution in [2.24, 2.45) is 29.6 Å². The van der Waals surface area contributed by atoms with E-state index in [1.807, 2.05) is 43.3 Å². The normalized spacial score (nSPS) is 27.9. The highest BCUT2D eigenvalue weighted by Gasteiger charge is 2.70. The van der Waals surface area contributed by atoms with Gasteiger partial charge in [0, 0.05) is 26.6 Å². The van der Waals surface area contributed by atoms with E-state index in [0.29, 0.717) is 23.8 Å². The van der Waals surface area contributed by atoms with Crippen molar-refractivity contribution < 1.29 is 27.5 Å². The molecule has 1 aromatic heterocycles. The number of halogens is 4. The number of ether oxygens (including phenoxy) is 1. The molecule has 8 rings (SSSR count). The number of imide groups is 1. The Kier molecular flexibility index (Phi) is 6.97. The summed E-state index contributed by atoms with van der Waals surface area (Å²) < 4.78 is 47.1. The maximum Gasteiger partial charge on any atom is 0.416 e. The number of thiazole rings is 1. The Bertz CT molecular complexity index is 1980. The number of alkyl halides is 3. The highest BCUT2D eigenvalue weighted by Crippen LogP contribution is 2.69. The number of aromatic nitrogens is 1. The Morgan fingerprint density at radius 2 is 1.74 bits per heavy atom. The summed E-state index contributed by atoms with van der Waals surface area (Å²) in [6.45, 7) is 2.34. The fraction of sp³-hybridized carbons (Fsp3) is 0.324. The number of carbonyl (C=O) groups excluding carboxylic acids is 2. The second-order valence-corrected chi connectivity index (χ2v) is 15.1. The highest BCUT2D eigenvalue weighted by molar-refractivity contribution is 8.00. The molecule has 4 aliphatic rings. The minimum atomic E-state index is -4.61. The standard InChI is InChI=1S/C34H26ClF3N2O4S2/c1-15-5-2-3-6-16(15)14-44-23-10-9-18(35)12-20(23)24-25-21-13-22(28(25)45-30-29(24)46-33(43)39-30)27-26(21)31(41)40(32(27)42)19-8-4-7-17(11-19)34(36,37)38/h2-12,21-22,24-28H,13-14H2,1H3,(H,39,43)/t21-,22-,24+,25+,26+,27+,28-/m1/s1. The van der Waals surface area contributed by atoms with Crippen molar-refractivity contribution in [3.63, 3.8) is 0 Å². The fourth-order valence-electron chi connectivity index (χ4n) is 8.26. The molecule has 46 heavy (non-hydrogen) atoms. The molecule has 0 unspecified atom stereocenters. The third-order valence-corrected chi connectivity index (χ3v) is 12.9. The zero-order chi connectivity index (χ0) is 32.1. The third kappa shape index (κ3) is 4.57. The topological polar surface area (TPSA) is 79.5 Å². The number of nitrogens with zero attached hydrogens (tertiary/aromatic N) is 1. The molecule has 3 heterocycles. The van der Waals surface area contributed by atoms with Gasteiger partial charge in [-0.1, -0.05) is 53.3 Å². The van der Waals surface area contributed by atoms with E-state index in [1.54, 1.807) is 6.07 Å². The van der Waals surface area contributed by atoms with E-state index in [4.69, 9.17) is 16.3 Å². The Morgan fingerprint density at radius 3 is 2.50 bits per heavy atom. The lowest BCUT2D eigenvalue weighted by Crippen LogP contribution is -2.42. The summed E-state index contributed by atoms with van der Waals surface area (Å²) in [6, 6.07) is 17.8. The smallest absolute Gasteiger partial charge is 0.416 e. The summed E-state index contributed by atoms with van der Waals surface area (Å²) in [5, 5.41) is 1.14. The van der Waals surface area contributed by atoms with Crippen LogP contribution in [0.15, 0.2) is 76.6 Å². The molecule has 1 N–H and O–H groups in total. The number of aromatic amines is 1. The lowest BCUT2D eigenvalue weighted by Gasteiger charge is -2.43. The van der Waals surface area contributed by atoms with Gasteiger partial charge in [0.25, 0.3) is 0 Å². The van der Waals surface area contributed by atoms with Crippen molar-refractivity contribution >= 4 is 52.2 Å². The van der Waals surface area contributed by atoms with Crippen molar-refractivity contribution in [2.45, 2.75) is 42.3 Å². The van der Waals surface area contributed by atoms with Gasteiger partial charge in [0.15, 0.2) is 0 Å². The first kappa shape index (κ1) is 29.8. The molecule has 2 aliphatic heterocycles. The minimum absolute atomic E-state index is 0.0593. The molecule has 7 atom stereocenters. The Hall–Kier alpha value is -3.54. The first-order valence-electron chi connectivity index (χ1n) is 14.9. The first-order valence-corrected chi connectivity index (χ1v) is 17.0. The molecule has 2 aliphatic carbocycles. The Balaban J connectivity index is 1.19. The van der Waals surface area contributed by atoms with E-state index in [9.17, 15) is 27.6 Å². The molecule has 236 valence electrons. The van der Waals surface area contributed by atoms with Gasteiger partial charge in [-0.15, -0.1) is 11.8 Å². The molecular formula is C34H26ClF3N2O4S2. The number of H-pyrrole nitrogens is 1. The zero-order valence-electron chi connectivity index (χ0n) is 24.2. The van der Waals surface area contributed by atoms with E-state index in [2.05, 4.69) is 4.98 Å². The van der Waals surface area contributed by atoms with E-state index in [0.717, 1.165) is 55.0 Å². The predicted molar refractivity (Wildman–Crippen MR) is 169 cm³/mol. The zero-order valence-corrected chi connectivity index (χ0v) is 26.6. The highest BCUT2D eigenvalue weighted by atomic mass is 35.5. The largest absolute Gasteiger partial charge is 0.489 e. The van der Waals surface area contributed by atoms with Gasteiger partial charge in [-0.2, -0.15) is 13.2 Å². The molecule has 0 spiro atoms. The summed E-state index contributed by atoms with van der Waals surface area (Å²) in [6.07, 6.45) is -3.97. The molecule has 1 saturated heterocycles. The number of anilines is 1. The maximum atomic E-state index is 14.0. The van der Waals surface area contributed by atoms with Crippen LogP contribution in [0.3, 0.4) is 0 Å². The molecule has 6 nitrogen and oxygen atoms in total. The van der Waals surface area contributed by atoms with E-state index in [1.165, 1.54) is 23.9 Å². The summed E-state index contributed by atoms with van der Waals surface area (Å²) in [4.78, 5) is 45.3. The van der Waals surface area contributed by atoms with Crippen LogP contribution in [0.2, 0.25) is 5.02 Å². The van der Waals surface area contributed by atoms with E-state index >= 15 is 0 Å². The van der Waals surface area contributed by atoms with Crippen molar-refractivity contribution in [3.8, 4) is 5.75 Å². The van der Waals surface area contributed by atoms with Gasteiger partial charge in [0.1, 0.15) is 12.4 Å². The monoisotopic (exact) mass is 682 g/mol. The van der Waals surface area contributed by atoms with Crippen LogP contribution in [0.4, 0.5) is 18.9 Å². The van der Waals surface area contributed by atoms with E-state index in [-0.39, 0.29) is 39.5 Å². The van der Waals surface area contributed by atoms with Crippen LogP contribution in [0.5, 0.6) is 5.75 Å². The van der Waals surface area contributed by atoms with Gasteiger partial charge >= 0.3 is 11.0 Å². The van der Waals surface area contributed by atoms with Crippen LogP contribution in [0.25, 0.3) is 0 Å². The molecule has 2 saturated carbocycles. The van der Waals surface area contributed by atoms with Gasteiger partial charge in [-0.05, 0) is 78.6 Å². The van der Waals surface area contributed by atoms with Crippen molar-refractivity contribution in [1.29, 1.82) is 0 Å². The number of amides is 2. The van der Waals surface area contributed by atoms with Crippen LogP contribution < -0.4 is 14.5 Å². The summed E-state index contributed by atoms with van der Waals surface area (Å²) in [7, 11) is 0. The average molecular weight is 683 g/mol. The molecule has 2 amide bonds. The van der Waals surface area contributed by atoms with Gasteiger partial charge in [-0.25, -0.2) is 0 Å². The molecular weight excluding hydrogens is 657 g/mol. The number of carbonyl (C=O) groups is 2. The van der Waals surface area contributed by atoms with Crippen molar-refractivity contribution in [2.75, 3.05) is 4.90 Å². The molecule has 3 aromatic carbocycles. The number of fused-ring (bicyclic) bond motifs is 9. The summed E-state index contributed by atoms with van der Waals surface area (Å²) >= 11 is 9.25. The molecule has 3 fully saturated rings. The Morgan fingerprint density at radius 1 is 0.978 bits per heavy atom. The second-order valence-electron chi connectivity index (χ2n) is 12.4.